The molecule has 0 spiro atoms. The Hall–Kier alpha value is -1.30. The van der Waals surface area contributed by atoms with Crippen LogP contribution in [0.2, 0.25) is 0 Å². The highest BCUT2D eigenvalue weighted by Gasteiger charge is 2.32. The van der Waals surface area contributed by atoms with Crippen LogP contribution in [0.15, 0.2) is 23.6 Å². The minimum atomic E-state index is -0.543. The summed E-state index contributed by atoms with van der Waals surface area (Å²) < 4.78 is 28.6. The molecule has 2 aromatic rings. The molecule has 0 aliphatic heterocycles. The summed E-state index contributed by atoms with van der Waals surface area (Å²) in [7, 11) is 0. The van der Waals surface area contributed by atoms with Crippen molar-refractivity contribution in [3.8, 4) is 0 Å². The van der Waals surface area contributed by atoms with Crippen molar-refractivity contribution in [2.24, 2.45) is 5.84 Å². The van der Waals surface area contributed by atoms with Gasteiger partial charge in [-0.05, 0) is 54.8 Å². The van der Waals surface area contributed by atoms with Gasteiger partial charge in [-0.25, -0.2) is 8.78 Å². The second-order valence-electron chi connectivity index (χ2n) is 5.53. The summed E-state index contributed by atoms with van der Waals surface area (Å²) in [4.78, 5) is 1.31. The van der Waals surface area contributed by atoms with E-state index in [1.165, 1.54) is 22.6 Å². The Balaban J connectivity index is 2.07. The SMILES string of the molecule is Cc1ccc(F)c(C(NN)C2CCCc3sccc32)c1F. The highest BCUT2D eigenvalue weighted by molar-refractivity contribution is 7.10. The van der Waals surface area contributed by atoms with E-state index in [-0.39, 0.29) is 11.5 Å². The van der Waals surface area contributed by atoms with E-state index in [1.807, 2.05) is 5.38 Å². The predicted octanol–water partition coefficient (Wildman–Crippen LogP) is 3.96. The maximum Gasteiger partial charge on any atom is 0.133 e. The lowest BCUT2D eigenvalue weighted by Crippen LogP contribution is -2.35. The van der Waals surface area contributed by atoms with Gasteiger partial charge in [0.05, 0.1) is 6.04 Å². The fourth-order valence-electron chi connectivity index (χ4n) is 3.23. The lowest BCUT2D eigenvalue weighted by Gasteiger charge is -2.31. The Labute approximate surface area is 127 Å². The lowest BCUT2D eigenvalue weighted by molar-refractivity contribution is 0.382. The summed E-state index contributed by atoms with van der Waals surface area (Å²) in [6.07, 6.45) is 2.94. The van der Waals surface area contributed by atoms with Crippen LogP contribution in [-0.4, -0.2) is 0 Å². The second-order valence-corrected chi connectivity index (χ2v) is 6.53. The number of aryl methyl sites for hydroxylation is 2. The number of hydrogen-bond acceptors (Lipinski definition) is 3. The Morgan fingerprint density at radius 2 is 2.14 bits per heavy atom. The molecular weight excluding hydrogens is 290 g/mol. The molecule has 5 heteroatoms. The first kappa shape index (κ1) is 14.6. The molecule has 1 aromatic carbocycles. The minimum absolute atomic E-state index is 0.0100. The number of fused-ring (bicyclic) bond motifs is 1. The number of thiophene rings is 1. The fraction of sp³-hybridized carbons (Fsp3) is 0.375. The molecule has 0 saturated heterocycles. The molecule has 3 N–H and O–H groups in total. The lowest BCUT2D eigenvalue weighted by atomic mass is 9.79. The maximum atomic E-state index is 14.4. The van der Waals surface area contributed by atoms with Gasteiger partial charge in [0.2, 0.25) is 0 Å². The molecule has 1 aliphatic carbocycles. The van der Waals surface area contributed by atoms with Crippen LogP contribution < -0.4 is 11.3 Å². The highest BCUT2D eigenvalue weighted by Crippen LogP contribution is 2.43. The molecule has 0 amide bonds. The third-order valence-electron chi connectivity index (χ3n) is 4.31. The van der Waals surface area contributed by atoms with Crippen LogP contribution in [0.4, 0.5) is 8.78 Å². The molecule has 1 aromatic heterocycles. The highest BCUT2D eigenvalue weighted by atomic mass is 32.1. The van der Waals surface area contributed by atoms with E-state index < -0.39 is 17.7 Å². The number of nitrogens with one attached hydrogen (secondary N) is 1. The predicted molar refractivity (Wildman–Crippen MR) is 81.2 cm³/mol. The average molecular weight is 308 g/mol. The van der Waals surface area contributed by atoms with Crippen molar-refractivity contribution in [3.63, 3.8) is 0 Å². The molecule has 0 radical (unpaired) electrons. The third-order valence-corrected chi connectivity index (χ3v) is 5.31. The van der Waals surface area contributed by atoms with Gasteiger partial charge in [0.25, 0.3) is 0 Å². The van der Waals surface area contributed by atoms with Crippen LogP contribution in [0.3, 0.4) is 0 Å². The van der Waals surface area contributed by atoms with E-state index in [9.17, 15) is 8.78 Å². The van der Waals surface area contributed by atoms with Crippen molar-refractivity contribution < 1.29 is 8.78 Å². The number of halogens is 2. The zero-order valence-corrected chi connectivity index (χ0v) is 12.6. The first-order chi connectivity index (χ1) is 10.1. The van der Waals surface area contributed by atoms with E-state index in [4.69, 9.17) is 5.84 Å². The topological polar surface area (TPSA) is 38.0 Å². The molecule has 0 fully saturated rings. The molecule has 21 heavy (non-hydrogen) atoms. The van der Waals surface area contributed by atoms with Gasteiger partial charge < -0.3 is 0 Å². The average Bonchev–Trinajstić information content (AvgIpc) is 2.96. The second kappa shape index (κ2) is 5.83. The summed E-state index contributed by atoms with van der Waals surface area (Å²) in [5, 5.41) is 2.04. The van der Waals surface area contributed by atoms with Crippen molar-refractivity contribution in [3.05, 3.63) is 56.8 Å². The number of hydrazine groups is 1. The molecule has 1 aliphatic rings. The Kier molecular flexibility index (Phi) is 4.06. The maximum absolute atomic E-state index is 14.4. The van der Waals surface area contributed by atoms with Gasteiger partial charge in [-0.15, -0.1) is 11.3 Å². The van der Waals surface area contributed by atoms with Crippen LogP contribution in [0, 0.1) is 18.6 Å². The molecule has 3 rings (SSSR count). The van der Waals surface area contributed by atoms with E-state index >= 15 is 0 Å². The van der Waals surface area contributed by atoms with Crippen LogP contribution in [0.5, 0.6) is 0 Å². The Morgan fingerprint density at radius 1 is 1.33 bits per heavy atom. The van der Waals surface area contributed by atoms with Gasteiger partial charge in [-0.1, -0.05) is 6.07 Å². The zero-order valence-electron chi connectivity index (χ0n) is 11.8. The van der Waals surface area contributed by atoms with Gasteiger partial charge in [0.15, 0.2) is 0 Å². The summed E-state index contributed by atoms with van der Waals surface area (Å²) in [6.45, 7) is 1.64. The van der Waals surface area contributed by atoms with Gasteiger partial charge in [0, 0.05) is 16.4 Å². The van der Waals surface area contributed by atoms with Crippen molar-refractivity contribution >= 4 is 11.3 Å². The molecule has 0 bridgehead atoms. The molecule has 2 nitrogen and oxygen atoms in total. The Bertz CT molecular complexity index is 654. The third kappa shape index (κ3) is 2.50. The molecular formula is C16H18F2N2S. The standard InChI is InChI=1S/C16H18F2N2S/c1-9-5-6-12(17)14(15(9)18)16(20-19)11-3-2-4-13-10(11)7-8-21-13/h5-8,11,16,20H,2-4,19H2,1H3. The summed E-state index contributed by atoms with van der Waals surface area (Å²) in [5.41, 5.74) is 4.32. The van der Waals surface area contributed by atoms with E-state index in [0.717, 1.165) is 19.3 Å². The van der Waals surface area contributed by atoms with Gasteiger partial charge in [-0.3, -0.25) is 11.3 Å². The number of nitrogens with two attached hydrogens (primary N) is 1. The van der Waals surface area contributed by atoms with Crippen molar-refractivity contribution in [2.75, 3.05) is 0 Å². The summed E-state index contributed by atoms with van der Waals surface area (Å²) in [6, 6.07) is 4.28. The number of benzene rings is 1. The van der Waals surface area contributed by atoms with Crippen LogP contribution >= 0.6 is 11.3 Å². The number of rotatable bonds is 3. The first-order valence-corrected chi connectivity index (χ1v) is 7.98. The smallest absolute Gasteiger partial charge is 0.133 e. The zero-order chi connectivity index (χ0) is 15.0. The van der Waals surface area contributed by atoms with E-state index in [2.05, 4.69) is 11.5 Å². The quantitative estimate of drug-likeness (QED) is 0.665. The molecule has 2 unspecified atom stereocenters. The number of hydrogen-bond donors (Lipinski definition) is 2. The largest absolute Gasteiger partial charge is 0.271 e. The summed E-state index contributed by atoms with van der Waals surface area (Å²) >= 11 is 1.71. The molecule has 112 valence electrons. The van der Waals surface area contributed by atoms with Crippen molar-refractivity contribution in [1.29, 1.82) is 0 Å². The van der Waals surface area contributed by atoms with Crippen LogP contribution in [0.25, 0.3) is 0 Å². The van der Waals surface area contributed by atoms with Crippen LogP contribution in [-0.2, 0) is 6.42 Å². The molecule has 2 atom stereocenters. The van der Waals surface area contributed by atoms with E-state index in [0.29, 0.717) is 5.56 Å². The van der Waals surface area contributed by atoms with Gasteiger partial charge in [0.1, 0.15) is 11.6 Å². The van der Waals surface area contributed by atoms with Crippen LogP contribution in [0.1, 0.15) is 46.4 Å². The first-order valence-electron chi connectivity index (χ1n) is 7.10. The van der Waals surface area contributed by atoms with Gasteiger partial charge in [-0.2, -0.15) is 0 Å². The van der Waals surface area contributed by atoms with Crippen molar-refractivity contribution in [2.45, 2.75) is 38.1 Å². The minimum Gasteiger partial charge on any atom is -0.271 e. The van der Waals surface area contributed by atoms with Gasteiger partial charge >= 0.3 is 0 Å². The Morgan fingerprint density at radius 3 is 2.90 bits per heavy atom. The molecule has 1 heterocycles. The monoisotopic (exact) mass is 308 g/mol. The van der Waals surface area contributed by atoms with E-state index in [1.54, 1.807) is 18.3 Å². The fourth-order valence-corrected chi connectivity index (χ4v) is 4.23. The molecule has 0 saturated carbocycles. The summed E-state index contributed by atoms with van der Waals surface area (Å²) in [5.74, 6) is 4.64. The normalized spacial score (nSPS) is 19.3. The van der Waals surface area contributed by atoms with Crippen molar-refractivity contribution in [1.82, 2.24) is 5.43 Å².